The van der Waals surface area contributed by atoms with E-state index >= 15 is 0 Å². The van der Waals surface area contributed by atoms with Crippen LogP contribution in [0.15, 0.2) is 0 Å². The van der Waals surface area contributed by atoms with Crippen LogP contribution in [0.2, 0.25) is 0 Å². The molecular formula is C10H17N5O3S2. The highest BCUT2D eigenvalue weighted by atomic mass is 32.2. The van der Waals surface area contributed by atoms with Crippen LogP contribution in [-0.2, 0) is 9.84 Å². The predicted octanol–water partition coefficient (Wildman–Crippen LogP) is -0.224. The van der Waals surface area contributed by atoms with E-state index in [0.717, 1.165) is 5.75 Å². The van der Waals surface area contributed by atoms with Crippen molar-refractivity contribution in [3.8, 4) is 6.01 Å². The van der Waals surface area contributed by atoms with Gasteiger partial charge < -0.3 is 15.4 Å². The zero-order valence-electron chi connectivity index (χ0n) is 11.3. The number of nitrogens with zero attached hydrogens (tertiary/aromatic N) is 4. The smallest absolute Gasteiger partial charge is 0.323 e. The second-order valence-corrected chi connectivity index (χ2v) is 7.61. The maximum absolute atomic E-state index is 11.9. The van der Waals surface area contributed by atoms with Gasteiger partial charge in [0.25, 0.3) is 0 Å². The van der Waals surface area contributed by atoms with Gasteiger partial charge in [-0.15, -0.1) is 0 Å². The zero-order chi connectivity index (χ0) is 14.8. The van der Waals surface area contributed by atoms with Gasteiger partial charge in [0.1, 0.15) is 5.37 Å². The van der Waals surface area contributed by atoms with Crippen molar-refractivity contribution >= 4 is 33.5 Å². The predicted molar refractivity (Wildman–Crippen MR) is 78.7 cm³/mol. The zero-order valence-corrected chi connectivity index (χ0v) is 12.9. The molecule has 0 spiro atoms. The Bertz CT molecular complexity index is 580. The van der Waals surface area contributed by atoms with Crippen LogP contribution in [0.4, 0.5) is 11.9 Å². The summed E-state index contributed by atoms with van der Waals surface area (Å²) in [4.78, 5) is 13.7. The number of ether oxygens (including phenoxy) is 1. The van der Waals surface area contributed by atoms with Crippen molar-refractivity contribution in [2.75, 3.05) is 41.5 Å². The van der Waals surface area contributed by atoms with E-state index in [1.165, 1.54) is 6.26 Å². The van der Waals surface area contributed by atoms with Gasteiger partial charge in [-0.2, -0.15) is 26.7 Å². The molecule has 0 aliphatic carbocycles. The lowest BCUT2D eigenvalue weighted by Crippen LogP contribution is -2.47. The molecule has 1 aliphatic rings. The summed E-state index contributed by atoms with van der Waals surface area (Å²) >= 11 is 1.59. The SMILES string of the molecule is CCOc1nc(N)nc(N2CCSCC2S(C)(=O)=O)n1. The monoisotopic (exact) mass is 319 g/mol. The first-order valence-corrected chi connectivity index (χ1v) is 9.20. The lowest BCUT2D eigenvalue weighted by atomic mass is 10.5. The molecule has 2 N–H and O–H groups in total. The Kier molecular flexibility index (Phi) is 4.53. The van der Waals surface area contributed by atoms with Crippen LogP contribution in [0.5, 0.6) is 6.01 Å². The van der Waals surface area contributed by atoms with E-state index in [9.17, 15) is 8.42 Å². The van der Waals surface area contributed by atoms with Gasteiger partial charge in [0.05, 0.1) is 6.61 Å². The van der Waals surface area contributed by atoms with Gasteiger partial charge in [0.15, 0.2) is 9.84 Å². The van der Waals surface area contributed by atoms with Gasteiger partial charge in [-0.05, 0) is 6.92 Å². The first-order valence-electron chi connectivity index (χ1n) is 6.09. The Balaban J connectivity index is 2.37. The summed E-state index contributed by atoms with van der Waals surface area (Å²) in [5.74, 6) is 1.55. The van der Waals surface area contributed by atoms with Crippen molar-refractivity contribution in [2.45, 2.75) is 12.3 Å². The molecule has 20 heavy (non-hydrogen) atoms. The molecule has 8 nitrogen and oxygen atoms in total. The van der Waals surface area contributed by atoms with E-state index in [2.05, 4.69) is 15.0 Å². The fourth-order valence-electron chi connectivity index (χ4n) is 1.85. The standard InChI is InChI=1S/C10H17N5O3S2/c1-3-18-10-13-8(11)12-9(14-10)15-4-5-19-6-7(15)20(2,16)17/h7H,3-6H2,1-2H3,(H2,11,12,13,14). The molecule has 1 saturated heterocycles. The summed E-state index contributed by atoms with van der Waals surface area (Å²) < 4.78 is 29.0. The molecule has 0 saturated carbocycles. The molecule has 10 heteroatoms. The Morgan fingerprint density at radius 1 is 1.45 bits per heavy atom. The molecule has 1 aromatic rings. The summed E-state index contributed by atoms with van der Waals surface area (Å²) in [7, 11) is -3.24. The maximum atomic E-state index is 11.9. The fourth-order valence-corrected chi connectivity index (χ4v) is 4.66. The molecule has 1 fully saturated rings. The van der Waals surface area contributed by atoms with Gasteiger partial charge in [-0.3, -0.25) is 0 Å². The first kappa shape index (κ1) is 15.1. The Morgan fingerprint density at radius 2 is 2.20 bits per heavy atom. The van der Waals surface area contributed by atoms with Crippen LogP contribution in [0.25, 0.3) is 0 Å². The van der Waals surface area contributed by atoms with Crippen LogP contribution in [-0.4, -0.2) is 59.7 Å². The van der Waals surface area contributed by atoms with E-state index in [0.29, 0.717) is 18.9 Å². The van der Waals surface area contributed by atoms with Crippen molar-refractivity contribution in [3.05, 3.63) is 0 Å². The van der Waals surface area contributed by atoms with Crippen molar-refractivity contribution in [1.29, 1.82) is 0 Å². The number of rotatable bonds is 4. The summed E-state index contributed by atoms with van der Waals surface area (Å²) in [5, 5.41) is -0.655. The average molecular weight is 319 g/mol. The molecular weight excluding hydrogens is 302 g/mol. The van der Waals surface area contributed by atoms with Crippen LogP contribution in [0.1, 0.15) is 6.92 Å². The van der Waals surface area contributed by atoms with Crippen LogP contribution >= 0.6 is 11.8 Å². The number of aromatic nitrogens is 3. The second kappa shape index (κ2) is 6.00. The second-order valence-electron chi connectivity index (χ2n) is 4.26. The highest BCUT2D eigenvalue weighted by Crippen LogP contribution is 2.25. The molecule has 2 heterocycles. The fraction of sp³-hybridized carbons (Fsp3) is 0.700. The summed E-state index contributed by atoms with van der Waals surface area (Å²) in [6.45, 7) is 2.74. The maximum Gasteiger partial charge on any atom is 0.323 e. The summed E-state index contributed by atoms with van der Waals surface area (Å²) in [6, 6.07) is 0.112. The minimum Gasteiger partial charge on any atom is -0.464 e. The van der Waals surface area contributed by atoms with Crippen LogP contribution in [0, 0.1) is 0 Å². The Morgan fingerprint density at radius 3 is 2.85 bits per heavy atom. The molecule has 112 valence electrons. The topological polar surface area (TPSA) is 111 Å². The minimum absolute atomic E-state index is 0.0175. The molecule has 1 aromatic heterocycles. The van der Waals surface area contributed by atoms with Gasteiger partial charge in [-0.25, -0.2) is 8.42 Å². The van der Waals surface area contributed by atoms with Gasteiger partial charge in [0, 0.05) is 24.3 Å². The number of anilines is 2. The minimum atomic E-state index is -3.24. The van der Waals surface area contributed by atoms with Crippen molar-refractivity contribution < 1.29 is 13.2 Å². The largest absolute Gasteiger partial charge is 0.464 e. The molecule has 0 aromatic carbocycles. The van der Waals surface area contributed by atoms with Crippen LogP contribution in [0.3, 0.4) is 0 Å². The van der Waals surface area contributed by atoms with E-state index in [4.69, 9.17) is 10.5 Å². The number of hydrogen-bond donors (Lipinski definition) is 1. The van der Waals surface area contributed by atoms with Crippen molar-refractivity contribution in [1.82, 2.24) is 15.0 Å². The molecule has 2 rings (SSSR count). The molecule has 0 amide bonds. The van der Waals surface area contributed by atoms with Gasteiger partial charge in [0.2, 0.25) is 11.9 Å². The first-order chi connectivity index (χ1) is 9.41. The van der Waals surface area contributed by atoms with Crippen molar-refractivity contribution in [2.24, 2.45) is 0 Å². The molecule has 0 radical (unpaired) electrons. The lowest BCUT2D eigenvalue weighted by Gasteiger charge is -2.33. The number of nitrogen functional groups attached to an aromatic ring is 1. The lowest BCUT2D eigenvalue weighted by molar-refractivity contribution is 0.312. The van der Waals surface area contributed by atoms with Gasteiger partial charge in [-0.1, -0.05) is 0 Å². The van der Waals surface area contributed by atoms with E-state index < -0.39 is 15.2 Å². The Hall–Kier alpha value is -1.29. The molecule has 1 atom stereocenters. The quantitative estimate of drug-likeness (QED) is 0.804. The average Bonchev–Trinajstić information content (AvgIpc) is 2.37. The highest BCUT2D eigenvalue weighted by Gasteiger charge is 2.33. The number of hydrogen-bond acceptors (Lipinski definition) is 9. The van der Waals surface area contributed by atoms with E-state index in [1.54, 1.807) is 23.6 Å². The summed E-state index contributed by atoms with van der Waals surface area (Å²) in [5.41, 5.74) is 5.63. The van der Waals surface area contributed by atoms with Crippen molar-refractivity contribution in [3.63, 3.8) is 0 Å². The normalized spacial score (nSPS) is 19.9. The molecule has 0 bridgehead atoms. The third-order valence-electron chi connectivity index (χ3n) is 2.73. The third kappa shape index (κ3) is 3.42. The number of sulfone groups is 1. The number of thioether (sulfide) groups is 1. The van der Waals surface area contributed by atoms with Gasteiger partial charge >= 0.3 is 6.01 Å². The van der Waals surface area contributed by atoms with Crippen LogP contribution < -0.4 is 15.4 Å². The third-order valence-corrected chi connectivity index (χ3v) is 5.37. The number of nitrogens with two attached hydrogens (primary N) is 1. The highest BCUT2D eigenvalue weighted by molar-refractivity contribution is 8.01. The van der Waals surface area contributed by atoms with E-state index in [1.807, 2.05) is 0 Å². The summed E-state index contributed by atoms with van der Waals surface area (Å²) in [6.07, 6.45) is 1.21. The van der Waals surface area contributed by atoms with E-state index in [-0.39, 0.29) is 17.9 Å². The Labute approximate surface area is 122 Å². The molecule has 1 unspecified atom stereocenters. The molecule has 1 aliphatic heterocycles.